The number of aryl methyl sites for hydroxylation is 1. The van der Waals surface area contributed by atoms with Crippen molar-refractivity contribution < 1.29 is 8.42 Å². The largest absolute Gasteiger partial charge is 0.327 e. The summed E-state index contributed by atoms with van der Waals surface area (Å²) in [4.78, 5) is 4.60. The molecule has 0 radical (unpaired) electrons. The van der Waals surface area contributed by atoms with Gasteiger partial charge in [-0.2, -0.15) is 0 Å². The molecule has 20 heavy (non-hydrogen) atoms. The number of rotatable bonds is 6. The fourth-order valence-corrected chi connectivity index (χ4v) is 3.42. The summed E-state index contributed by atoms with van der Waals surface area (Å²) in [5.74, 6) is 1.08. The first kappa shape index (κ1) is 15.0. The van der Waals surface area contributed by atoms with E-state index in [1.807, 2.05) is 25.1 Å². The summed E-state index contributed by atoms with van der Waals surface area (Å²) in [6, 6.07) is 7.92. The minimum atomic E-state index is -2.96. The van der Waals surface area contributed by atoms with E-state index in [1.54, 1.807) is 0 Å². The summed E-state index contributed by atoms with van der Waals surface area (Å²) in [7, 11) is -2.96. The molecule has 2 rings (SSSR count). The van der Waals surface area contributed by atoms with Crippen molar-refractivity contribution in [2.75, 3.05) is 12.0 Å². The van der Waals surface area contributed by atoms with Gasteiger partial charge in [-0.3, -0.25) is 0 Å². The summed E-state index contributed by atoms with van der Waals surface area (Å²) < 4.78 is 24.7. The van der Waals surface area contributed by atoms with E-state index in [4.69, 9.17) is 0 Å². The predicted molar refractivity (Wildman–Crippen MR) is 81.4 cm³/mol. The minimum Gasteiger partial charge on any atom is -0.327 e. The van der Waals surface area contributed by atoms with Crippen molar-refractivity contribution in [2.45, 2.75) is 33.0 Å². The molecule has 1 atom stereocenters. The first-order chi connectivity index (χ1) is 9.40. The van der Waals surface area contributed by atoms with Crippen LogP contribution in [0.1, 0.15) is 19.7 Å². The van der Waals surface area contributed by atoms with Crippen LogP contribution in [0, 0.1) is 0 Å². The standard InChI is InChI=1S/C14H21N3O2S/c1-4-17-13-8-6-5-7-12(13)16-14(17)9-15-11(2)10-20(3,18)19/h5-8,11,15H,4,9-10H2,1-3H3. The van der Waals surface area contributed by atoms with E-state index in [-0.39, 0.29) is 11.8 Å². The number of benzene rings is 1. The maximum Gasteiger partial charge on any atom is 0.148 e. The van der Waals surface area contributed by atoms with Crippen LogP contribution in [0.2, 0.25) is 0 Å². The lowest BCUT2D eigenvalue weighted by atomic mass is 10.3. The number of para-hydroxylation sites is 2. The van der Waals surface area contributed by atoms with Gasteiger partial charge in [-0.25, -0.2) is 13.4 Å². The van der Waals surface area contributed by atoms with Crippen molar-refractivity contribution >= 4 is 20.9 Å². The van der Waals surface area contributed by atoms with Gasteiger partial charge in [-0.1, -0.05) is 12.1 Å². The van der Waals surface area contributed by atoms with Gasteiger partial charge < -0.3 is 9.88 Å². The molecular weight excluding hydrogens is 274 g/mol. The third-order valence-corrected chi connectivity index (χ3v) is 4.32. The van der Waals surface area contributed by atoms with Crippen LogP contribution in [-0.4, -0.2) is 36.0 Å². The van der Waals surface area contributed by atoms with Crippen LogP contribution in [0.3, 0.4) is 0 Å². The Hall–Kier alpha value is -1.40. The Morgan fingerprint density at radius 1 is 1.35 bits per heavy atom. The Kier molecular flexibility index (Phi) is 4.45. The van der Waals surface area contributed by atoms with E-state index in [0.717, 1.165) is 23.4 Å². The van der Waals surface area contributed by atoms with Crippen molar-refractivity contribution in [3.63, 3.8) is 0 Å². The molecule has 6 heteroatoms. The Bertz CT molecular complexity index is 692. The van der Waals surface area contributed by atoms with Gasteiger partial charge in [-0.15, -0.1) is 0 Å². The van der Waals surface area contributed by atoms with E-state index in [0.29, 0.717) is 6.54 Å². The molecule has 1 unspecified atom stereocenters. The van der Waals surface area contributed by atoms with Crippen LogP contribution in [0.4, 0.5) is 0 Å². The van der Waals surface area contributed by atoms with Crippen LogP contribution >= 0.6 is 0 Å². The zero-order valence-corrected chi connectivity index (χ0v) is 12.9. The molecule has 2 aromatic rings. The molecule has 0 aliphatic carbocycles. The predicted octanol–water partition coefficient (Wildman–Crippen LogP) is 1.58. The Morgan fingerprint density at radius 3 is 2.70 bits per heavy atom. The summed E-state index contributed by atoms with van der Waals surface area (Å²) >= 11 is 0. The smallest absolute Gasteiger partial charge is 0.148 e. The van der Waals surface area contributed by atoms with Gasteiger partial charge in [0.2, 0.25) is 0 Å². The average molecular weight is 295 g/mol. The van der Waals surface area contributed by atoms with Crippen LogP contribution in [0.25, 0.3) is 11.0 Å². The molecule has 0 saturated carbocycles. The third-order valence-electron chi connectivity index (χ3n) is 3.21. The van der Waals surface area contributed by atoms with E-state index in [1.165, 1.54) is 6.26 Å². The number of sulfone groups is 1. The molecule has 0 amide bonds. The van der Waals surface area contributed by atoms with Crippen LogP contribution in [0.5, 0.6) is 0 Å². The van der Waals surface area contributed by atoms with Crippen molar-refractivity contribution in [3.05, 3.63) is 30.1 Å². The highest BCUT2D eigenvalue weighted by Crippen LogP contribution is 2.15. The number of nitrogens with one attached hydrogen (secondary N) is 1. The lowest BCUT2D eigenvalue weighted by Crippen LogP contribution is -2.33. The highest BCUT2D eigenvalue weighted by Gasteiger charge is 2.13. The summed E-state index contributed by atoms with van der Waals surface area (Å²) in [5, 5.41) is 3.23. The van der Waals surface area contributed by atoms with Crippen molar-refractivity contribution in [2.24, 2.45) is 0 Å². The van der Waals surface area contributed by atoms with Crippen LogP contribution < -0.4 is 5.32 Å². The lowest BCUT2D eigenvalue weighted by molar-refractivity contribution is 0.541. The Balaban J connectivity index is 2.13. The topological polar surface area (TPSA) is 64.0 Å². The molecule has 5 nitrogen and oxygen atoms in total. The quantitative estimate of drug-likeness (QED) is 0.879. The SMILES string of the molecule is CCn1c(CNC(C)CS(C)(=O)=O)nc2ccccc21. The molecular formula is C14H21N3O2S. The number of fused-ring (bicyclic) bond motifs is 1. The zero-order valence-electron chi connectivity index (χ0n) is 12.1. The van der Waals surface area contributed by atoms with Crippen molar-refractivity contribution in [1.29, 1.82) is 0 Å². The summed E-state index contributed by atoms with van der Waals surface area (Å²) in [5.41, 5.74) is 2.09. The highest BCUT2D eigenvalue weighted by molar-refractivity contribution is 7.90. The molecule has 1 N–H and O–H groups in total. The van der Waals surface area contributed by atoms with Gasteiger partial charge in [0.1, 0.15) is 15.7 Å². The van der Waals surface area contributed by atoms with E-state index < -0.39 is 9.84 Å². The van der Waals surface area contributed by atoms with Crippen molar-refractivity contribution in [3.8, 4) is 0 Å². The molecule has 0 bridgehead atoms. The first-order valence-electron chi connectivity index (χ1n) is 6.76. The molecule has 110 valence electrons. The maximum atomic E-state index is 11.3. The first-order valence-corrected chi connectivity index (χ1v) is 8.82. The lowest BCUT2D eigenvalue weighted by Gasteiger charge is -2.13. The molecule has 0 aliphatic heterocycles. The minimum absolute atomic E-state index is 0.0879. The monoisotopic (exact) mass is 295 g/mol. The van der Waals surface area contributed by atoms with Gasteiger partial charge in [0.05, 0.1) is 23.3 Å². The van der Waals surface area contributed by atoms with Gasteiger partial charge >= 0.3 is 0 Å². The highest BCUT2D eigenvalue weighted by atomic mass is 32.2. The van der Waals surface area contributed by atoms with Gasteiger partial charge in [0, 0.05) is 18.8 Å². The fraction of sp³-hybridized carbons (Fsp3) is 0.500. The molecule has 0 spiro atoms. The van der Waals surface area contributed by atoms with E-state index in [2.05, 4.69) is 27.9 Å². The number of aromatic nitrogens is 2. The fourth-order valence-electron chi connectivity index (χ4n) is 2.39. The number of hydrogen-bond donors (Lipinski definition) is 1. The number of hydrogen-bond acceptors (Lipinski definition) is 4. The second-order valence-corrected chi connectivity index (χ2v) is 7.32. The van der Waals surface area contributed by atoms with E-state index in [9.17, 15) is 8.42 Å². The molecule has 0 saturated heterocycles. The van der Waals surface area contributed by atoms with E-state index >= 15 is 0 Å². The molecule has 0 aliphatic rings. The van der Waals surface area contributed by atoms with Gasteiger partial charge in [-0.05, 0) is 26.0 Å². The summed E-state index contributed by atoms with van der Waals surface area (Å²) in [6.45, 7) is 5.37. The second-order valence-electron chi connectivity index (χ2n) is 5.14. The molecule has 1 aromatic carbocycles. The third kappa shape index (κ3) is 3.58. The summed E-state index contributed by atoms with van der Waals surface area (Å²) in [6.07, 6.45) is 1.26. The van der Waals surface area contributed by atoms with Crippen LogP contribution in [0.15, 0.2) is 24.3 Å². The van der Waals surface area contributed by atoms with Gasteiger partial charge in [0.25, 0.3) is 0 Å². The second kappa shape index (κ2) is 5.93. The molecule has 1 aromatic heterocycles. The Morgan fingerprint density at radius 2 is 2.05 bits per heavy atom. The van der Waals surface area contributed by atoms with Crippen molar-refractivity contribution in [1.82, 2.24) is 14.9 Å². The zero-order chi connectivity index (χ0) is 14.8. The molecule has 1 heterocycles. The van der Waals surface area contributed by atoms with Crippen LogP contribution in [-0.2, 0) is 22.9 Å². The Labute approximate surface area is 119 Å². The van der Waals surface area contributed by atoms with Gasteiger partial charge in [0.15, 0.2) is 0 Å². The molecule has 0 fully saturated rings. The normalized spacial score (nSPS) is 13.8. The average Bonchev–Trinajstić information content (AvgIpc) is 2.71. The maximum absolute atomic E-state index is 11.3. The number of imidazole rings is 1. The number of nitrogens with zero attached hydrogens (tertiary/aromatic N) is 2.